The van der Waals surface area contributed by atoms with E-state index in [2.05, 4.69) is 56.1 Å². The van der Waals surface area contributed by atoms with Gasteiger partial charge in [-0.1, -0.05) is 30.3 Å². The van der Waals surface area contributed by atoms with Crippen molar-refractivity contribution < 1.29 is 4.74 Å². The van der Waals surface area contributed by atoms with Crippen LogP contribution in [0.3, 0.4) is 0 Å². The third-order valence-corrected chi connectivity index (χ3v) is 4.75. The molecule has 1 aromatic carbocycles. The van der Waals surface area contributed by atoms with Gasteiger partial charge in [0.05, 0.1) is 35.8 Å². The summed E-state index contributed by atoms with van der Waals surface area (Å²) in [5, 5.41) is 1.15. The molecule has 1 unspecified atom stereocenters. The van der Waals surface area contributed by atoms with Gasteiger partial charge in [-0.2, -0.15) is 0 Å². The van der Waals surface area contributed by atoms with Crippen LogP contribution < -0.4 is 0 Å². The van der Waals surface area contributed by atoms with Gasteiger partial charge >= 0.3 is 0 Å². The van der Waals surface area contributed by atoms with Crippen LogP contribution in [-0.4, -0.2) is 29.6 Å². The molecule has 3 rings (SSSR count). The first-order valence-electron chi connectivity index (χ1n) is 6.30. The number of thiazole rings is 1. The molecule has 0 bridgehead atoms. The van der Waals surface area contributed by atoms with E-state index in [1.165, 1.54) is 5.56 Å². The molecule has 0 amide bonds. The van der Waals surface area contributed by atoms with Crippen LogP contribution in [0.1, 0.15) is 16.6 Å². The van der Waals surface area contributed by atoms with Crippen molar-refractivity contribution in [3.63, 3.8) is 0 Å². The van der Waals surface area contributed by atoms with E-state index in [1.807, 2.05) is 6.20 Å². The standard InChI is InChI=1S/C14H15BrN2OS/c15-13-8-16-14(19-13)9-17-6-7-18-10-12(17)11-4-2-1-3-5-11/h1-5,8,12H,6-7,9-10H2. The highest BCUT2D eigenvalue weighted by atomic mass is 79.9. The number of halogens is 1. The minimum atomic E-state index is 0.331. The second-order valence-electron chi connectivity index (χ2n) is 4.53. The van der Waals surface area contributed by atoms with Gasteiger partial charge in [0.2, 0.25) is 0 Å². The Morgan fingerprint density at radius 2 is 2.21 bits per heavy atom. The molecular weight excluding hydrogens is 324 g/mol. The Hall–Kier alpha value is -0.750. The van der Waals surface area contributed by atoms with Crippen molar-refractivity contribution in [2.45, 2.75) is 12.6 Å². The highest BCUT2D eigenvalue weighted by molar-refractivity contribution is 9.11. The predicted octanol–water partition coefficient (Wildman–Crippen LogP) is 3.48. The summed E-state index contributed by atoms with van der Waals surface area (Å²) in [7, 11) is 0. The molecule has 1 aliphatic heterocycles. The Labute approximate surface area is 125 Å². The van der Waals surface area contributed by atoms with E-state index in [4.69, 9.17) is 4.74 Å². The van der Waals surface area contributed by atoms with E-state index in [0.717, 1.165) is 35.1 Å². The molecule has 0 spiro atoms. The molecule has 2 aromatic rings. The lowest BCUT2D eigenvalue weighted by molar-refractivity contribution is -0.0127. The zero-order chi connectivity index (χ0) is 13.1. The lowest BCUT2D eigenvalue weighted by atomic mass is 10.1. The maximum Gasteiger partial charge on any atom is 0.108 e. The molecule has 3 nitrogen and oxygen atoms in total. The molecule has 19 heavy (non-hydrogen) atoms. The normalized spacial score (nSPS) is 20.6. The summed E-state index contributed by atoms with van der Waals surface area (Å²) in [6.07, 6.45) is 1.87. The van der Waals surface area contributed by atoms with Crippen molar-refractivity contribution in [1.82, 2.24) is 9.88 Å². The molecule has 1 aliphatic rings. The first-order chi connectivity index (χ1) is 9.33. The topological polar surface area (TPSA) is 25.4 Å². The van der Waals surface area contributed by atoms with Gasteiger partial charge in [-0.05, 0) is 21.5 Å². The van der Waals surface area contributed by atoms with Crippen LogP contribution in [0.2, 0.25) is 0 Å². The van der Waals surface area contributed by atoms with E-state index >= 15 is 0 Å². The fraction of sp³-hybridized carbons (Fsp3) is 0.357. The first-order valence-corrected chi connectivity index (χ1v) is 7.91. The fourth-order valence-corrected chi connectivity index (χ4v) is 3.67. The van der Waals surface area contributed by atoms with Crippen molar-refractivity contribution in [2.75, 3.05) is 19.8 Å². The van der Waals surface area contributed by atoms with Crippen LogP contribution in [0, 0.1) is 0 Å². The minimum absolute atomic E-state index is 0.331. The number of rotatable bonds is 3. The Kier molecular flexibility index (Phi) is 4.28. The second-order valence-corrected chi connectivity index (χ2v) is 7.02. The van der Waals surface area contributed by atoms with Gasteiger partial charge in [0, 0.05) is 6.54 Å². The number of aromatic nitrogens is 1. The van der Waals surface area contributed by atoms with Crippen molar-refractivity contribution >= 4 is 27.3 Å². The Balaban J connectivity index is 1.77. The van der Waals surface area contributed by atoms with E-state index < -0.39 is 0 Å². The Morgan fingerprint density at radius 1 is 1.37 bits per heavy atom. The highest BCUT2D eigenvalue weighted by Crippen LogP contribution is 2.28. The molecule has 1 aromatic heterocycles. The third kappa shape index (κ3) is 3.23. The van der Waals surface area contributed by atoms with Crippen LogP contribution in [0.5, 0.6) is 0 Å². The molecule has 1 saturated heterocycles. The minimum Gasteiger partial charge on any atom is -0.378 e. The first kappa shape index (κ1) is 13.2. The molecule has 1 fully saturated rings. The third-order valence-electron chi connectivity index (χ3n) is 3.29. The number of hydrogen-bond donors (Lipinski definition) is 0. The SMILES string of the molecule is Brc1cnc(CN2CCOCC2c2ccccc2)s1. The zero-order valence-electron chi connectivity index (χ0n) is 10.5. The van der Waals surface area contributed by atoms with Gasteiger partial charge in [0.15, 0.2) is 0 Å². The lowest BCUT2D eigenvalue weighted by Gasteiger charge is -2.35. The number of ether oxygens (including phenoxy) is 1. The van der Waals surface area contributed by atoms with E-state index in [-0.39, 0.29) is 0 Å². The quantitative estimate of drug-likeness (QED) is 0.856. The molecule has 5 heteroatoms. The molecule has 0 saturated carbocycles. The molecular formula is C14H15BrN2OS. The lowest BCUT2D eigenvalue weighted by Crippen LogP contribution is -2.38. The second kappa shape index (κ2) is 6.13. The van der Waals surface area contributed by atoms with Crippen LogP contribution in [-0.2, 0) is 11.3 Å². The Bertz CT molecular complexity index is 531. The van der Waals surface area contributed by atoms with Crippen LogP contribution >= 0.6 is 27.3 Å². The average Bonchev–Trinajstić information content (AvgIpc) is 2.86. The monoisotopic (exact) mass is 338 g/mol. The van der Waals surface area contributed by atoms with Crippen molar-refractivity contribution in [1.29, 1.82) is 0 Å². The summed E-state index contributed by atoms with van der Waals surface area (Å²) in [6.45, 7) is 3.41. The molecule has 2 heterocycles. The number of nitrogens with zero attached hydrogens (tertiary/aromatic N) is 2. The number of morpholine rings is 1. The zero-order valence-corrected chi connectivity index (χ0v) is 12.9. The van der Waals surface area contributed by atoms with Gasteiger partial charge in [0.25, 0.3) is 0 Å². The maximum absolute atomic E-state index is 5.64. The fourth-order valence-electron chi connectivity index (χ4n) is 2.34. The van der Waals surface area contributed by atoms with Gasteiger partial charge < -0.3 is 4.74 Å². The largest absolute Gasteiger partial charge is 0.378 e. The van der Waals surface area contributed by atoms with Crippen molar-refractivity contribution in [3.05, 3.63) is 50.9 Å². The summed E-state index contributed by atoms with van der Waals surface area (Å²) in [6, 6.07) is 10.9. The van der Waals surface area contributed by atoms with Gasteiger partial charge in [-0.15, -0.1) is 11.3 Å². The Morgan fingerprint density at radius 3 is 2.95 bits per heavy atom. The molecule has 100 valence electrons. The van der Waals surface area contributed by atoms with Gasteiger partial charge in [0.1, 0.15) is 5.01 Å². The van der Waals surface area contributed by atoms with Gasteiger partial charge in [-0.25, -0.2) is 4.98 Å². The molecule has 0 N–H and O–H groups in total. The average molecular weight is 339 g/mol. The predicted molar refractivity (Wildman–Crippen MR) is 80.2 cm³/mol. The maximum atomic E-state index is 5.64. The van der Waals surface area contributed by atoms with Crippen LogP contribution in [0.25, 0.3) is 0 Å². The van der Waals surface area contributed by atoms with Crippen LogP contribution in [0.4, 0.5) is 0 Å². The van der Waals surface area contributed by atoms with Crippen molar-refractivity contribution in [3.8, 4) is 0 Å². The summed E-state index contributed by atoms with van der Waals surface area (Å²) < 4.78 is 6.73. The summed E-state index contributed by atoms with van der Waals surface area (Å²) in [5.74, 6) is 0. The van der Waals surface area contributed by atoms with E-state index in [9.17, 15) is 0 Å². The summed E-state index contributed by atoms with van der Waals surface area (Å²) >= 11 is 5.17. The highest BCUT2D eigenvalue weighted by Gasteiger charge is 2.25. The number of hydrogen-bond acceptors (Lipinski definition) is 4. The number of benzene rings is 1. The smallest absolute Gasteiger partial charge is 0.108 e. The molecule has 0 aliphatic carbocycles. The van der Waals surface area contributed by atoms with E-state index in [1.54, 1.807) is 11.3 Å². The molecule has 1 atom stereocenters. The van der Waals surface area contributed by atoms with Gasteiger partial charge in [-0.3, -0.25) is 4.90 Å². The summed E-state index contributed by atoms with van der Waals surface area (Å²) in [5.41, 5.74) is 1.32. The van der Waals surface area contributed by atoms with E-state index in [0.29, 0.717) is 6.04 Å². The van der Waals surface area contributed by atoms with Crippen LogP contribution in [0.15, 0.2) is 40.3 Å². The van der Waals surface area contributed by atoms with Crippen molar-refractivity contribution in [2.24, 2.45) is 0 Å². The molecule has 0 radical (unpaired) electrons. The summed E-state index contributed by atoms with van der Waals surface area (Å²) in [4.78, 5) is 6.88.